The molecular formula is C9H11F2N3O4. The Morgan fingerprint density at radius 2 is 2.28 bits per heavy atom. The van der Waals surface area contributed by atoms with Gasteiger partial charge in [-0.3, -0.25) is 4.57 Å². The molecule has 1 fully saturated rings. The van der Waals surface area contributed by atoms with E-state index in [0.29, 0.717) is 10.8 Å². The predicted octanol–water partition coefficient (Wildman–Crippen LogP) is -1.45. The summed E-state index contributed by atoms with van der Waals surface area (Å²) < 4.78 is 32.4. The van der Waals surface area contributed by atoms with Crippen molar-refractivity contribution in [1.82, 2.24) is 9.55 Å². The molecule has 2 rings (SSSR count). The van der Waals surface area contributed by atoms with E-state index in [-0.39, 0.29) is 0 Å². The number of alkyl halides is 1. The van der Waals surface area contributed by atoms with Crippen molar-refractivity contribution in [3.63, 3.8) is 0 Å². The number of hydrogen-bond donors (Lipinski definition) is 3. The molecule has 0 bridgehead atoms. The zero-order valence-electron chi connectivity index (χ0n) is 9.03. The maximum absolute atomic E-state index is 13.7. The zero-order valence-corrected chi connectivity index (χ0v) is 9.03. The summed E-state index contributed by atoms with van der Waals surface area (Å²) in [5.41, 5.74) is 4.07. The summed E-state index contributed by atoms with van der Waals surface area (Å²) in [5, 5.41) is 18.2. The minimum Gasteiger partial charge on any atom is -0.394 e. The number of nitrogens with two attached hydrogens (primary N) is 1. The summed E-state index contributed by atoms with van der Waals surface area (Å²) in [6.45, 7) is -0.627. The molecule has 0 radical (unpaired) electrons. The maximum Gasteiger partial charge on any atom is 0.351 e. The first kappa shape index (κ1) is 12.9. The SMILES string of the molecule is Nc1nc(=O)n([C@@H]2O[C@H](CO)[C@@H](O)C2F)cc1F. The van der Waals surface area contributed by atoms with Crippen LogP contribution in [0.5, 0.6) is 0 Å². The molecule has 0 aromatic carbocycles. The molecule has 0 spiro atoms. The van der Waals surface area contributed by atoms with E-state index in [2.05, 4.69) is 4.98 Å². The summed E-state index contributed by atoms with van der Waals surface area (Å²) in [6, 6.07) is 0. The van der Waals surface area contributed by atoms with Crippen LogP contribution >= 0.6 is 0 Å². The summed E-state index contributed by atoms with van der Waals surface area (Å²) >= 11 is 0. The number of aliphatic hydroxyl groups excluding tert-OH is 2. The van der Waals surface area contributed by atoms with Crippen molar-refractivity contribution >= 4 is 5.82 Å². The molecule has 0 amide bonds. The second-order valence-corrected chi connectivity index (χ2v) is 3.85. The quantitative estimate of drug-likeness (QED) is 0.602. The van der Waals surface area contributed by atoms with Crippen LogP contribution in [0.4, 0.5) is 14.6 Å². The average molecular weight is 263 g/mol. The highest BCUT2D eigenvalue weighted by Crippen LogP contribution is 2.30. The minimum absolute atomic E-state index is 0.551. The molecule has 1 aliphatic heterocycles. The van der Waals surface area contributed by atoms with Crippen LogP contribution in [0, 0.1) is 5.82 Å². The Kier molecular flexibility index (Phi) is 3.28. The summed E-state index contributed by atoms with van der Waals surface area (Å²) in [6.07, 6.45) is -5.67. The van der Waals surface area contributed by atoms with Gasteiger partial charge in [0.15, 0.2) is 24.0 Å². The van der Waals surface area contributed by atoms with Crippen LogP contribution in [0.1, 0.15) is 6.23 Å². The van der Waals surface area contributed by atoms with Crippen molar-refractivity contribution in [3.8, 4) is 0 Å². The van der Waals surface area contributed by atoms with Gasteiger partial charge in [0.2, 0.25) is 0 Å². The van der Waals surface area contributed by atoms with Gasteiger partial charge in [-0.1, -0.05) is 0 Å². The Morgan fingerprint density at radius 3 is 2.83 bits per heavy atom. The van der Waals surface area contributed by atoms with Crippen molar-refractivity contribution in [2.75, 3.05) is 12.3 Å². The second-order valence-electron chi connectivity index (χ2n) is 3.85. The molecule has 4 atom stereocenters. The molecule has 18 heavy (non-hydrogen) atoms. The molecule has 1 aliphatic rings. The van der Waals surface area contributed by atoms with Gasteiger partial charge in [0.05, 0.1) is 12.8 Å². The van der Waals surface area contributed by atoms with Crippen molar-refractivity contribution in [1.29, 1.82) is 0 Å². The standard InChI is InChI=1S/C9H11F2N3O4/c10-3-1-14(9(17)13-7(3)12)8-5(11)6(16)4(2-15)18-8/h1,4-6,8,15-16H,2H2,(H2,12,13,17)/t4-,5?,6-,8-/m1/s1. The number of nitrogen functional groups attached to an aromatic ring is 1. The lowest BCUT2D eigenvalue weighted by Crippen LogP contribution is -2.34. The predicted molar refractivity (Wildman–Crippen MR) is 54.8 cm³/mol. The van der Waals surface area contributed by atoms with Crippen LogP contribution < -0.4 is 11.4 Å². The van der Waals surface area contributed by atoms with Gasteiger partial charge in [0.1, 0.15) is 12.2 Å². The third kappa shape index (κ3) is 1.96. The molecule has 2 heterocycles. The summed E-state index contributed by atoms with van der Waals surface area (Å²) in [5.74, 6) is -1.61. The molecule has 1 saturated heterocycles. The second kappa shape index (κ2) is 4.59. The number of anilines is 1. The van der Waals surface area contributed by atoms with Gasteiger partial charge in [-0.15, -0.1) is 0 Å². The lowest BCUT2D eigenvalue weighted by Gasteiger charge is -2.15. The lowest BCUT2D eigenvalue weighted by molar-refractivity contribution is -0.0494. The van der Waals surface area contributed by atoms with Crippen molar-refractivity contribution in [2.45, 2.75) is 24.6 Å². The largest absolute Gasteiger partial charge is 0.394 e. The molecule has 1 aromatic heterocycles. The van der Waals surface area contributed by atoms with E-state index in [0.717, 1.165) is 0 Å². The first-order valence-electron chi connectivity index (χ1n) is 5.08. The molecule has 0 saturated carbocycles. The minimum atomic E-state index is -1.98. The number of ether oxygens (including phenoxy) is 1. The highest BCUT2D eigenvalue weighted by molar-refractivity contribution is 5.26. The number of nitrogens with zero attached hydrogens (tertiary/aromatic N) is 2. The number of rotatable bonds is 2. The van der Waals surface area contributed by atoms with Crippen LogP contribution in [0.25, 0.3) is 0 Å². The number of hydrogen-bond acceptors (Lipinski definition) is 6. The number of halogens is 2. The van der Waals surface area contributed by atoms with Crippen LogP contribution in [-0.2, 0) is 4.74 Å². The maximum atomic E-state index is 13.7. The van der Waals surface area contributed by atoms with Crippen molar-refractivity contribution in [2.24, 2.45) is 0 Å². The van der Waals surface area contributed by atoms with Gasteiger partial charge in [-0.25, -0.2) is 13.6 Å². The number of aliphatic hydroxyl groups is 2. The van der Waals surface area contributed by atoms with Gasteiger partial charge in [0, 0.05) is 0 Å². The normalized spacial score (nSPS) is 31.8. The fourth-order valence-electron chi connectivity index (χ4n) is 1.72. The highest BCUT2D eigenvalue weighted by Gasteiger charge is 2.45. The molecule has 7 nitrogen and oxygen atoms in total. The Balaban J connectivity index is 2.39. The molecule has 4 N–H and O–H groups in total. The van der Waals surface area contributed by atoms with E-state index in [1.807, 2.05) is 0 Å². The number of aromatic nitrogens is 2. The monoisotopic (exact) mass is 263 g/mol. The summed E-state index contributed by atoms with van der Waals surface area (Å²) in [7, 11) is 0. The van der Waals surface area contributed by atoms with Crippen LogP contribution in [0.15, 0.2) is 11.0 Å². The third-order valence-corrected chi connectivity index (χ3v) is 2.68. The molecule has 9 heteroatoms. The van der Waals surface area contributed by atoms with Crippen LogP contribution in [-0.4, -0.2) is 44.8 Å². The Bertz CT molecular complexity index is 509. The molecule has 100 valence electrons. The first-order valence-corrected chi connectivity index (χ1v) is 5.08. The molecular weight excluding hydrogens is 252 g/mol. The zero-order chi connectivity index (χ0) is 13.4. The lowest BCUT2D eigenvalue weighted by atomic mass is 10.1. The van der Waals surface area contributed by atoms with Gasteiger partial charge >= 0.3 is 5.69 Å². The third-order valence-electron chi connectivity index (χ3n) is 2.68. The first-order chi connectivity index (χ1) is 8.45. The van der Waals surface area contributed by atoms with E-state index < -0.39 is 48.5 Å². The highest BCUT2D eigenvalue weighted by atomic mass is 19.1. The van der Waals surface area contributed by atoms with Crippen molar-refractivity contribution in [3.05, 3.63) is 22.5 Å². The van der Waals surface area contributed by atoms with Gasteiger partial charge in [-0.2, -0.15) is 4.98 Å². The fourth-order valence-corrected chi connectivity index (χ4v) is 1.72. The van der Waals surface area contributed by atoms with E-state index >= 15 is 0 Å². The van der Waals surface area contributed by atoms with E-state index in [1.165, 1.54) is 0 Å². The van der Waals surface area contributed by atoms with E-state index in [1.54, 1.807) is 0 Å². The van der Waals surface area contributed by atoms with E-state index in [4.69, 9.17) is 15.6 Å². The van der Waals surface area contributed by atoms with Gasteiger partial charge in [0.25, 0.3) is 0 Å². The van der Waals surface area contributed by atoms with Crippen molar-refractivity contribution < 1.29 is 23.7 Å². The Morgan fingerprint density at radius 1 is 1.61 bits per heavy atom. The Labute approximate surface area is 99.4 Å². The summed E-state index contributed by atoms with van der Waals surface area (Å²) in [4.78, 5) is 14.6. The van der Waals surface area contributed by atoms with Crippen LogP contribution in [0.2, 0.25) is 0 Å². The van der Waals surface area contributed by atoms with E-state index in [9.17, 15) is 18.7 Å². The fraction of sp³-hybridized carbons (Fsp3) is 0.556. The Hall–Kier alpha value is -1.58. The van der Waals surface area contributed by atoms with Gasteiger partial charge < -0.3 is 20.7 Å². The molecule has 1 unspecified atom stereocenters. The van der Waals surface area contributed by atoms with Crippen LogP contribution in [0.3, 0.4) is 0 Å². The molecule has 1 aromatic rings. The molecule has 0 aliphatic carbocycles. The smallest absolute Gasteiger partial charge is 0.351 e. The topological polar surface area (TPSA) is 111 Å². The van der Waals surface area contributed by atoms with Gasteiger partial charge in [-0.05, 0) is 0 Å². The average Bonchev–Trinajstić information content (AvgIpc) is 2.61.